The maximum atomic E-state index is 13.3. The van der Waals surface area contributed by atoms with E-state index in [4.69, 9.17) is 24.7 Å². The summed E-state index contributed by atoms with van der Waals surface area (Å²) in [4.78, 5) is 50.2. The number of ether oxygens (including phenoxy) is 4. The molecule has 2 atom stereocenters. The Bertz CT molecular complexity index is 1500. The summed E-state index contributed by atoms with van der Waals surface area (Å²) in [6.45, 7) is 1.37. The molecule has 4 bridgehead atoms. The number of rotatable bonds is 6. The molecule has 44 heavy (non-hydrogen) atoms. The second kappa shape index (κ2) is 14.1. The third kappa shape index (κ3) is 7.60. The molecule has 2 aliphatic heterocycles. The van der Waals surface area contributed by atoms with Crippen LogP contribution in [0.4, 0.5) is 5.82 Å². The van der Waals surface area contributed by atoms with Crippen molar-refractivity contribution in [1.82, 2.24) is 20.2 Å². The lowest BCUT2D eigenvalue weighted by Gasteiger charge is -2.25. The van der Waals surface area contributed by atoms with E-state index < -0.39 is 18.1 Å². The number of amides is 3. The Morgan fingerprint density at radius 2 is 1.95 bits per heavy atom. The molecule has 1 aromatic heterocycles. The predicted molar refractivity (Wildman–Crippen MR) is 160 cm³/mol. The number of methoxy groups -OCH3 is 2. The van der Waals surface area contributed by atoms with Crippen molar-refractivity contribution in [2.45, 2.75) is 31.6 Å². The summed E-state index contributed by atoms with van der Waals surface area (Å²) in [5.74, 6) is 0.935. The molecule has 3 N–H and O–H groups in total. The van der Waals surface area contributed by atoms with Crippen LogP contribution in [0.1, 0.15) is 28.0 Å². The van der Waals surface area contributed by atoms with E-state index in [-0.39, 0.29) is 50.2 Å². The number of nitrogens with two attached hydrogens (primary N) is 1. The molecule has 3 aromatic rings. The molecule has 13 nitrogen and oxygen atoms in total. The van der Waals surface area contributed by atoms with Gasteiger partial charge in [0.2, 0.25) is 11.8 Å². The van der Waals surface area contributed by atoms with Gasteiger partial charge in [-0.3, -0.25) is 19.4 Å². The number of nitrogens with zero attached hydrogens (tertiary/aromatic N) is 4. The molecule has 0 unspecified atom stereocenters. The average molecular weight is 605 g/mol. The van der Waals surface area contributed by atoms with Crippen molar-refractivity contribution in [2.75, 3.05) is 51.9 Å². The van der Waals surface area contributed by atoms with E-state index in [1.807, 2.05) is 47.4 Å². The lowest BCUT2D eigenvalue weighted by Crippen LogP contribution is -2.49. The van der Waals surface area contributed by atoms with E-state index in [1.54, 1.807) is 14.2 Å². The molecule has 232 valence electrons. The van der Waals surface area contributed by atoms with Gasteiger partial charge in [-0.2, -0.15) is 0 Å². The van der Waals surface area contributed by atoms with Gasteiger partial charge in [0.05, 0.1) is 51.4 Å². The second-order valence-electron chi connectivity index (χ2n) is 10.6. The number of benzene rings is 2. The van der Waals surface area contributed by atoms with Crippen LogP contribution in [0.15, 0.2) is 54.9 Å². The highest BCUT2D eigenvalue weighted by Gasteiger charge is 2.36. The molecule has 5 rings (SSSR count). The van der Waals surface area contributed by atoms with E-state index >= 15 is 0 Å². The summed E-state index contributed by atoms with van der Waals surface area (Å²) in [6.07, 6.45) is 3.03. The first kappa shape index (κ1) is 30.7. The molecule has 3 amide bonds. The Labute approximate surface area is 255 Å². The average Bonchev–Trinajstić information content (AvgIpc) is 3.43. The fourth-order valence-corrected chi connectivity index (χ4v) is 5.21. The molecule has 0 radical (unpaired) electrons. The Balaban J connectivity index is 1.44. The summed E-state index contributed by atoms with van der Waals surface area (Å²) in [6, 6.07) is 12.7. The molecule has 0 aliphatic carbocycles. The van der Waals surface area contributed by atoms with E-state index in [2.05, 4.69) is 15.3 Å². The molecule has 0 spiro atoms. The zero-order valence-electron chi connectivity index (χ0n) is 24.7. The van der Waals surface area contributed by atoms with Crippen molar-refractivity contribution in [3.63, 3.8) is 0 Å². The zero-order chi connectivity index (χ0) is 31.1. The van der Waals surface area contributed by atoms with Crippen LogP contribution in [-0.4, -0.2) is 91.7 Å². The number of primary amides is 1. The lowest BCUT2D eigenvalue weighted by atomic mass is 10.1. The van der Waals surface area contributed by atoms with Crippen molar-refractivity contribution in [1.29, 1.82) is 0 Å². The van der Waals surface area contributed by atoms with Crippen LogP contribution in [-0.2, 0) is 32.1 Å². The fraction of sp³-hybridized carbons (Fsp3) is 0.387. The van der Waals surface area contributed by atoms with Gasteiger partial charge in [0.15, 0.2) is 11.5 Å². The second-order valence-corrected chi connectivity index (χ2v) is 10.6. The fourth-order valence-electron chi connectivity index (χ4n) is 5.21. The van der Waals surface area contributed by atoms with Gasteiger partial charge in [-0.15, -0.1) is 0 Å². The van der Waals surface area contributed by atoms with E-state index in [0.717, 1.165) is 11.1 Å². The number of hydrogen-bond acceptors (Lipinski definition) is 10. The van der Waals surface area contributed by atoms with Crippen molar-refractivity contribution in [3.8, 4) is 17.2 Å². The Hall–Kier alpha value is -4.75. The maximum absolute atomic E-state index is 13.3. The van der Waals surface area contributed by atoms with Gasteiger partial charge in [-0.25, -0.2) is 4.98 Å². The minimum Gasteiger partial charge on any atom is -0.493 e. The summed E-state index contributed by atoms with van der Waals surface area (Å²) < 4.78 is 23.3. The molecule has 1 fully saturated rings. The third-order valence-electron chi connectivity index (χ3n) is 7.51. The Morgan fingerprint density at radius 1 is 1.09 bits per heavy atom. The minimum atomic E-state index is -0.688. The minimum absolute atomic E-state index is 0.0378. The van der Waals surface area contributed by atoms with Gasteiger partial charge in [0.25, 0.3) is 5.91 Å². The van der Waals surface area contributed by atoms with Gasteiger partial charge in [-0.05, 0) is 41.8 Å². The van der Waals surface area contributed by atoms with Crippen LogP contribution in [0, 0.1) is 0 Å². The smallest absolute Gasteiger partial charge is 0.268 e. The van der Waals surface area contributed by atoms with E-state index in [1.165, 1.54) is 17.3 Å². The molecular formula is C31H36N6O7. The number of aromatic nitrogens is 2. The van der Waals surface area contributed by atoms with Crippen molar-refractivity contribution in [3.05, 3.63) is 71.7 Å². The first-order valence-corrected chi connectivity index (χ1v) is 14.3. The first-order valence-electron chi connectivity index (χ1n) is 14.3. The number of carbonyl (C=O) groups is 3. The van der Waals surface area contributed by atoms with Crippen LogP contribution >= 0.6 is 0 Å². The summed E-state index contributed by atoms with van der Waals surface area (Å²) in [5.41, 5.74) is 7.21. The van der Waals surface area contributed by atoms with E-state index in [9.17, 15) is 14.4 Å². The van der Waals surface area contributed by atoms with Gasteiger partial charge in [0, 0.05) is 33.2 Å². The Morgan fingerprint density at radius 3 is 2.75 bits per heavy atom. The highest BCUT2D eigenvalue weighted by Crippen LogP contribution is 2.33. The first-order chi connectivity index (χ1) is 21.3. The van der Waals surface area contributed by atoms with Gasteiger partial charge in [-0.1, -0.05) is 18.2 Å². The normalized spacial score (nSPS) is 19.3. The van der Waals surface area contributed by atoms with Crippen LogP contribution in [0.25, 0.3) is 0 Å². The summed E-state index contributed by atoms with van der Waals surface area (Å²) >= 11 is 0. The van der Waals surface area contributed by atoms with Crippen molar-refractivity contribution in [2.24, 2.45) is 5.73 Å². The largest absolute Gasteiger partial charge is 0.493 e. The highest BCUT2D eigenvalue weighted by atomic mass is 16.5. The topological polar surface area (TPSA) is 158 Å². The molecular weight excluding hydrogens is 568 g/mol. The predicted octanol–water partition coefficient (Wildman–Crippen LogP) is 1.69. The van der Waals surface area contributed by atoms with Crippen LogP contribution in [0.2, 0.25) is 0 Å². The number of anilines is 1. The number of nitrogens with one attached hydrogen (secondary N) is 1. The molecule has 2 aliphatic rings. The van der Waals surface area contributed by atoms with Crippen molar-refractivity contribution < 1.29 is 33.3 Å². The monoisotopic (exact) mass is 604 g/mol. The molecule has 3 heterocycles. The number of carbonyl (C=O) groups excluding carboxylic acids is 3. The van der Waals surface area contributed by atoms with Gasteiger partial charge in [0.1, 0.15) is 17.3 Å². The van der Waals surface area contributed by atoms with Crippen LogP contribution in [0.3, 0.4) is 0 Å². The van der Waals surface area contributed by atoms with Gasteiger partial charge < -0.3 is 39.8 Å². The molecule has 0 saturated carbocycles. The molecule has 13 heteroatoms. The summed E-state index contributed by atoms with van der Waals surface area (Å²) in [7, 11) is 3.12. The quantitative estimate of drug-likeness (QED) is 0.424. The molecule has 1 saturated heterocycles. The SMILES string of the molecule is COCCN1CC(=O)N[C@H]2CN(c3cncc(C(N)=O)n3)C[C@@H]2OCc2cccc(c2)Oc2cc(ccc2OC)CCC1=O. The standard InChI is InChI=1S/C31H36N6O7/c1-41-11-10-36-18-29(38)35-24-16-37(28-15-33-14-23(34-28)31(32)40)17-27(24)43-19-21-4-3-5-22(12-21)44-26-13-20(7-9-30(36)39)6-8-25(26)42-2/h3-6,8,12-15,24,27H,7,9-11,16-19H2,1-2H3,(H2,32,40)(H,35,38)/t24-,27-/m0/s1. The van der Waals surface area contributed by atoms with Crippen molar-refractivity contribution >= 4 is 23.5 Å². The third-order valence-corrected chi connectivity index (χ3v) is 7.51. The van der Waals surface area contributed by atoms with Crippen LogP contribution in [0.5, 0.6) is 17.2 Å². The van der Waals surface area contributed by atoms with E-state index in [0.29, 0.717) is 42.6 Å². The lowest BCUT2D eigenvalue weighted by molar-refractivity contribution is -0.137. The Kier molecular flexibility index (Phi) is 9.87. The number of hydrogen-bond donors (Lipinski definition) is 2. The number of fused-ring (bicyclic) bond motifs is 5. The zero-order valence-corrected chi connectivity index (χ0v) is 24.7. The molecule has 2 aromatic carbocycles. The highest BCUT2D eigenvalue weighted by molar-refractivity contribution is 5.90. The van der Waals surface area contributed by atoms with Gasteiger partial charge >= 0.3 is 0 Å². The summed E-state index contributed by atoms with van der Waals surface area (Å²) in [5, 5.41) is 3.05. The maximum Gasteiger partial charge on any atom is 0.268 e. The number of aryl methyl sites for hydroxylation is 1. The van der Waals surface area contributed by atoms with Crippen LogP contribution < -0.4 is 25.4 Å².